The van der Waals surface area contributed by atoms with Crippen molar-refractivity contribution in [2.75, 3.05) is 5.32 Å². The van der Waals surface area contributed by atoms with E-state index in [9.17, 15) is 9.59 Å². The highest BCUT2D eigenvalue weighted by atomic mass is 35.5. The lowest BCUT2D eigenvalue weighted by Crippen LogP contribution is -2.15. The summed E-state index contributed by atoms with van der Waals surface area (Å²) >= 11 is 12.5. The highest BCUT2D eigenvalue weighted by Gasteiger charge is 2.14. The molecule has 0 heterocycles. The summed E-state index contributed by atoms with van der Waals surface area (Å²) in [6, 6.07) is 12.5. The number of carbonyl (C=O) groups excluding carboxylic acids is 2. The van der Waals surface area contributed by atoms with Crippen molar-refractivity contribution in [2.45, 2.75) is 64.7 Å². The van der Waals surface area contributed by atoms with Crippen molar-refractivity contribution >= 4 is 46.5 Å². The fourth-order valence-corrected chi connectivity index (χ4v) is 4.14. The normalized spacial score (nSPS) is 12.0. The van der Waals surface area contributed by atoms with Gasteiger partial charge in [0, 0.05) is 12.1 Å². The van der Waals surface area contributed by atoms with Gasteiger partial charge >= 0.3 is 11.9 Å². The van der Waals surface area contributed by atoms with Crippen LogP contribution in [0.25, 0.3) is 0 Å². The van der Waals surface area contributed by atoms with Gasteiger partial charge in [-0.2, -0.15) is 0 Å². The Morgan fingerprint density at radius 3 is 1.88 bits per heavy atom. The Morgan fingerprint density at radius 2 is 1.27 bits per heavy atom. The number of carbonyl (C=O) groups is 2. The second-order valence-corrected chi connectivity index (χ2v) is 9.82. The number of nitrogens with one attached hydrogen (secondary N) is 1. The monoisotopic (exact) mass is 579 g/mol. The van der Waals surface area contributed by atoms with Crippen molar-refractivity contribution in [1.82, 2.24) is 0 Å². The molecule has 2 aromatic rings. The Hall–Kier alpha value is -3.34. The first-order valence-electron chi connectivity index (χ1n) is 13.8. The molecule has 2 aromatic carbocycles. The molecule has 0 atom stereocenters. The van der Waals surface area contributed by atoms with E-state index in [1.54, 1.807) is 24.3 Å². The molecule has 6 heteroatoms. The molecule has 0 amide bonds. The molecular weight excluding hydrogens is 541 g/mol. The van der Waals surface area contributed by atoms with Crippen molar-refractivity contribution < 1.29 is 14.3 Å². The van der Waals surface area contributed by atoms with Gasteiger partial charge in [0.2, 0.25) is 0 Å². The first-order chi connectivity index (χ1) is 19.5. The number of unbranched alkanes of at least 4 members (excludes halogenated alkanes) is 1. The standard InChI is InChI=1S/C34H39Cl2NO3/c1-2-3-4-5-6-7-8-9-10-11-12-13-14-15-16-17-18-26-32(38)40-33(39)27-28-22-19-20-25-31(28)37-34-29(35)23-21-24-30(34)36/h3-4,6-7,9-10,12-13,15-16,19-25,37H,2,5,8,11,14,17-18,26-27H2,1H3/b4-3-,7-6-,10-9-,13-12-,16-15-. The van der Waals surface area contributed by atoms with E-state index < -0.39 is 11.9 Å². The van der Waals surface area contributed by atoms with Gasteiger partial charge in [-0.25, -0.2) is 0 Å². The topological polar surface area (TPSA) is 55.4 Å². The smallest absolute Gasteiger partial charge is 0.317 e. The van der Waals surface area contributed by atoms with Gasteiger partial charge in [0.1, 0.15) is 0 Å². The molecule has 0 spiro atoms. The van der Waals surface area contributed by atoms with Crippen LogP contribution in [0.5, 0.6) is 0 Å². The average Bonchev–Trinajstić information content (AvgIpc) is 2.93. The summed E-state index contributed by atoms with van der Waals surface area (Å²) in [6.45, 7) is 2.14. The lowest BCUT2D eigenvalue weighted by atomic mass is 10.1. The molecule has 4 nitrogen and oxygen atoms in total. The fraction of sp³-hybridized carbons (Fsp3) is 0.294. The third-order valence-corrected chi connectivity index (χ3v) is 6.34. The van der Waals surface area contributed by atoms with Gasteiger partial charge in [-0.1, -0.05) is 115 Å². The highest BCUT2D eigenvalue weighted by molar-refractivity contribution is 6.39. The van der Waals surface area contributed by atoms with Crippen molar-refractivity contribution in [2.24, 2.45) is 0 Å². The minimum Gasteiger partial charge on any atom is -0.393 e. The van der Waals surface area contributed by atoms with Gasteiger partial charge in [0.25, 0.3) is 0 Å². The lowest BCUT2D eigenvalue weighted by Gasteiger charge is -2.14. The maximum Gasteiger partial charge on any atom is 0.317 e. The molecular formula is C34H39Cl2NO3. The van der Waals surface area contributed by atoms with Crippen LogP contribution in [-0.2, 0) is 20.7 Å². The lowest BCUT2D eigenvalue weighted by molar-refractivity contribution is -0.159. The van der Waals surface area contributed by atoms with E-state index in [2.05, 4.69) is 73.0 Å². The van der Waals surface area contributed by atoms with Gasteiger partial charge in [-0.05, 0) is 68.7 Å². The van der Waals surface area contributed by atoms with E-state index >= 15 is 0 Å². The van der Waals surface area contributed by atoms with Gasteiger partial charge in [-0.3, -0.25) is 9.59 Å². The molecule has 212 valence electrons. The summed E-state index contributed by atoms with van der Waals surface area (Å²) in [5.74, 6) is -1.11. The molecule has 0 bridgehead atoms. The summed E-state index contributed by atoms with van der Waals surface area (Å²) in [5.41, 5.74) is 1.90. The van der Waals surface area contributed by atoms with E-state index in [0.717, 1.165) is 38.5 Å². The van der Waals surface area contributed by atoms with Crippen molar-refractivity contribution in [3.05, 3.63) is 119 Å². The molecule has 0 radical (unpaired) electrons. The SMILES string of the molecule is CC/C=C\C/C=C\C/C=C\C/C=C\C/C=C\CCCC(=O)OC(=O)Cc1ccccc1Nc1c(Cl)cccc1Cl. The number of halogens is 2. The number of para-hydroxylation sites is 2. The molecule has 0 aliphatic heterocycles. The predicted octanol–water partition coefficient (Wildman–Crippen LogP) is 10.3. The number of ether oxygens (including phenoxy) is 1. The first-order valence-corrected chi connectivity index (χ1v) is 14.5. The van der Waals surface area contributed by atoms with E-state index in [-0.39, 0.29) is 12.8 Å². The first kappa shape index (κ1) is 32.9. The Bertz CT molecular complexity index is 1190. The molecule has 0 aromatic heterocycles. The summed E-state index contributed by atoms with van der Waals surface area (Å²) in [5, 5.41) is 4.11. The Balaban J connectivity index is 1.62. The number of hydrogen-bond acceptors (Lipinski definition) is 4. The second-order valence-electron chi connectivity index (χ2n) is 9.00. The fourth-order valence-electron chi connectivity index (χ4n) is 3.65. The van der Waals surface area contributed by atoms with Crippen LogP contribution in [0.3, 0.4) is 0 Å². The summed E-state index contributed by atoms with van der Waals surface area (Å²) < 4.78 is 5.03. The zero-order valence-electron chi connectivity index (χ0n) is 23.2. The summed E-state index contributed by atoms with van der Waals surface area (Å²) in [7, 11) is 0. The molecule has 0 aliphatic rings. The van der Waals surface area contributed by atoms with E-state index in [0.29, 0.717) is 33.4 Å². The molecule has 0 saturated heterocycles. The van der Waals surface area contributed by atoms with Gasteiger partial charge in [0.15, 0.2) is 0 Å². The van der Waals surface area contributed by atoms with Crippen LogP contribution >= 0.6 is 23.2 Å². The van der Waals surface area contributed by atoms with Gasteiger partial charge in [-0.15, -0.1) is 0 Å². The summed E-state index contributed by atoms with van der Waals surface area (Å²) in [6.07, 6.45) is 27.8. The molecule has 0 aliphatic carbocycles. The van der Waals surface area contributed by atoms with Crippen molar-refractivity contribution in [3.8, 4) is 0 Å². The zero-order valence-corrected chi connectivity index (χ0v) is 24.7. The molecule has 1 N–H and O–H groups in total. The zero-order chi connectivity index (χ0) is 28.8. The Labute approximate surface area is 249 Å². The number of hydrogen-bond donors (Lipinski definition) is 1. The summed E-state index contributed by atoms with van der Waals surface area (Å²) in [4.78, 5) is 24.5. The molecule has 0 saturated carbocycles. The molecule has 0 unspecified atom stereocenters. The van der Waals surface area contributed by atoms with E-state index in [4.69, 9.17) is 27.9 Å². The third kappa shape index (κ3) is 14.2. The largest absolute Gasteiger partial charge is 0.393 e. The number of benzene rings is 2. The van der Waals surface area contributed by atoms with Gasteiger partial charge in [0.05, 0.1) is 22.2 Å². The Kier molecular flexibility index (Phi) is 16.9. The quantitative estimate of drug-likeness (QED) is 0.0875. The minimum absolute atomic E-state index is 0.0498. The maximum atomic E-state index is 12.4. The number of esters is 2. The van der Waals surface area contributed by atoms with Crippen LogP contribution in [-0.4, -0.2) is 11.9 Å². The van der Waals surface area contributed by atoms with Crippen molar-refractivity contribution in [3.63, 3.8) is 0 Å². The van der Waals surface area contributed by atoms with E-state index in [1.807, 2.05) is 18.2 Å². The van der Waals surface area contributed by atoms with Crippen LogP contribution < -0.4 is 5.32 Å². The average molecular weight is 581 g/mol. The number of allylic oxidation sites excluding steroid dienone is 10. The second kappa shape index (κ2) is 20.5. The minimum atomic E-state index is -0.598. The van der Waals surface area contributed by atoms with Crippen molar-refractivity contribution in [1.29, 1.82) is 0 Å². The highest BCUT2D eigenvalue weighted by Crippen LogP contribution is 2.33. The third-order valence-electron chi connectivity index (χ3n) is 5.71. The van der Waals surface area contributed by atoms with Gasteiger partial charge < -0.3 is 10.1 Å². The van der Waals surface area contributed by atoms with Crippen LogP contribution in [0.4, 0.5) is 11.4 Å². The predicted molar refractivity (Wildman–Crippen MR) is 169 cm³/mol. The number of anilines is 2. The van der Waals surface area contributed by atoms with Crippen LogP contribution in [0.15, 0.2) is 103 Å². The maximum absolute atomic E-state index is 12.4. The van der Waals surface area contributed by atoms with Crippen LogP contribution in [0.1, 0.15) is 63.9 Å². The Morgan fingerprint density at radius 1 is 0.725 bits per heavy atom. The molecule has 0 fully saturated rings. The van der Waals surface area contributed by atoms with Crippen LogP contribution in [0.2, 0.25) is 10.0 Å². The molecule has 40 heavy (non-hydrogen) atoms. The number of rotatable bonds is 17. The van der Waals surface area contributed by atoms with E-state index in [1.165, 1.54) is 0 Å². The molecule has 2 rings (SSSR count). The van der Waals surface area contributed by atoms with Crippen LogP contribution in [0, 0.1) is 0 Å².